The van der Waals surface area contributed by atoms with Crippen LogP contribution in [0.4, 0.5) is 0 Å². The molecule has 2 N–H and O–H groups in total. The summed E-state index contributed by atoms with van der Waals surface area (Å²) in [6.45, 7) is 4.54. The van der Waals surface area contributed by atoms with Gasteiger partial charge in [0, 0.05) is 12.8 Å². The fraction of sp³-hybridized carbons (Fsp3) is 0.939. The second-order valence-corrected chi connectivity index (χ2v) is 23.0. The van der Waals surface area contributed by atoms with Crippen molar-refractivity contribution in [1.82, 2.24) is 0 Å². The maximum atomic E-state index is 12.9. The average Bonchev–Trinajstić information content (AvgIpc) is 3.15. The van der Waals surface area contributed by atoms with Crippen LogP contribution in [0, 0.1) is 70.0 Å². The third-order valence-electron chi connectivity index (χ3n) is 16.7. The molecular weight excluding hydrogens is 733 g/mol. The van der Waals surface area contributed by atoms with Gasteiger partial charge in [-0.15, -0.1) is 0 Å². The largest absolute Gasteiger partial charge is 0.481 e. The summed E-state index contributed by atoms with van der Waals surface area (Å²) >= 11 is 4.16. The van der Waals surface area contributed by atoms with Gasteiger partial charge in [-0.05, 0) is 185 Å². The van der Waals surface area contributed by atoms with Gasteiger partial charge in [0.1, 0.15) is 5.78 Å². The van der Waals surface area contributed by atoms with E-state index in [-0.39, 0.29) is 0 Å². The molecule has 8 aliphatic rings. The summed E-state index contributed by atoms with van der Waals surface area (Å²) < 4.78 is 0. The Kier molecular flexibility index (Phi) is 17.4. The topological polar surface area (TPSA) is 91.7 Å². The highest BCUT2D eigenvalue weighted by atomic mass is 32.2. The minimum atomic E-state index is -0.477. The van der Waals surface area contributed by atoms with Gasteiger partial charge in [-0.3, -0.25) is 14.4 Å². The second kappa shape index (κ2) is 21.7. The standard InChI is InChI=1S/C49H82O5S2/c1-3-5-7-11-17-39(44-41-25-35-23-36(26-41)30-48(44,29-35)46(51)52)33-55-21-15-9-13-19-43(50)20-14-10-16-22-56-34-40(18-12-8-6-4-2)45-42-27-37-24-38(28-42)32-49(45,31-37)47(53)54/h35-42,44-45H,3-34H2,1-2H3,(H,51,52)(H,53,54). The maximum absolute atomic E-state index is 12.9. The van der Waals surface area contributed by atoms with Crippen molar-refractivity contribution in [2.45, 2.75) is 194 Å². The van der Waals surface area contributed by atoms with Crippen molar-refractivity contribution >= 4 is 41.2 Å². The number of carbonyl (C=O) groups is 3. The van der Waals surface area contributed by atoms with Crippen LogP contribution in [-0.4, -0.2) is 50.9 Å². The number of carboxylic acid groups (broad SMARTS) is 2. The fourth-order valence-electron chi connectivity index (χ4n) is 14.9. The summed E-state index contributed by atoms with van der Waals surface area (Å²) in [6.07, 6.45) is 32.1. The molecule has 0 radical (unpaired) electrons. The molecule has 8 atom stereocenters. The van der Waals surface area contributed by atoms with E-state index in [1.54, 1.807) is 0 Å². The number of unbranched alkanes of at least 4 members (excludes halogenated alkanes) is 10. The highest BCUT2D eigenvalue weighted by Gasteiger charge is 2.63. The van der Waals surface area contributed by atoms with Crippen LogP contribution in [0.5, 0.6) is 0 Å². The zero-order valence-corrected chi connectivity index (χ0v) is 37.5. The minimum absolute atomic E-state index is 0.383. The highest BCUT2D eigenvalue weighted by molar-refractivity contribution is 7.99. The van der Waals surface area contributed by atoms with Gasteiger partial charge >= 0.3 is 11.9 Å². The summed E-state index contributed by atoms with van der Waals surface area (Å²) in [7, 11) is 0. The molecule has 8 fully saturated rings. The number of carbonyl (C=O) groups excluding carboxylic acids is 1. The summed E-state index contributed by atoms with van der Waals surface area (Å²) in [5, 5.41) is 21.2. The first-order valence-corrected chi connectivity index (χ1v) is 26.6. The molecule has 5 nitrogen and oxygen atoms in total. The molecule has 56 heavy (non-hydrogen) atoms. The van der Waals surface area contributed by atoms with E-state index in [4.69, 9.17) is 0 Å². The van der Waals surface area contributed by atoms with E-state index in [0.29, 0.717) is 65.0 Å². The smallest absolute Gasteiger partial charge is 0.309 e. The lowest BCUT2D eigenvalue weighted by Crippen LogP contribution is -2.58. The van der Waals surface area contributed by atoms with Gasteiger partial charge in [0.25, 0.3) is 0 Å². The van der Waals surface area contributed by atoms with Gasteiger partial charge < -0.3 is 10.2 Å². The average molecular weight is 815 g/mol. The molecule has 320 valence electrons. The second-order valence-electron chi connectivity index (χ2n) is 20.7. The fourth-order valence-corrected chi connectivity index (χ4v) is 17.4. The van der Waals surface area contributed by atoms with E-state index in [9.17, 15) is 24.6 Å². The van der Waals surface area contributed by atoms with Crippen LogP contribution in [-0.2, 0) is 14.4 Å². The molecule has 8 bridgehead atoms. The molecule has 8 saturated carbocycles. The van der Waals surface area contributed by atoms with Crippen molar-refractivity contribution in [3.05, 3.63) is 0 Å². The Balaban J connectivity index is 0.842. The number of Topliss-reactive ketones (excluding diaryl/α,β-unsaturated/α-hetero) is 1. The first-order chi connectivity index (χ1) is 27.2. The number of aliphatic carboxylic acids is 2. The first kappa shape index (κ1) is 44.9. The van der Waals surface area contributed by atoms with Crippen molar-refractivity contribution in [3.63, 3.8) is 0 Å². The number of hydrogen-bond acceptors (Lipinski definition) is 5. The minimum Gasteiger partial charge on any atom is -0.481 e. The monoisotopic (exact) mass is 815 g/mol. The van der Waals surface area contributed by atoms with Crippen LogP contribution in [0.1, 0.15) is 194 Å². The number of hydrogen-bond donors (Lipinski definition) is 2. The summed E-state index contributed by atoms with van der Waals surface area (Å²) in [5.74, 6) is 9.79. The molecule has 8 unspecified atom stereocenters. The number of rotatable bonds is 30. The number of ketones is 1. The van der Waals surface area contributed by atoms with Crippen molar-refractivity contribution in [2.75, 3.05) is 23.0 Å². The van der Waals surface area contributed by atoms with Crippen molar-refractivity contribution in [2.24, 2.45) is 70.0 Å². The van der Waals surface area contributed by atoms with Crippen LogP contribution >= 0.6 is 23.5 Å². The van der Waals surface area contributed by atoms with E-state index in [2.05, 4.69) is 37.4 Å². The van der Waals surface area contributed by atoms with Crippen LogP contribution in [0.15, 0.2) is 0 Å². The van der Waals surface area contributed by atoms with Crippen LogP contribution in [0.3, 0.4) is 0 Å². The molecule has 0 saturated heterocycles. The Morgan fingerprint density at radius 2 is 0.893 bits per heavy atom. The molecule has 0 aromatic rings. The molecule has 8 rings (SSSR count). The van der Waals surface area contributed by atoms with Gasteiger partial charge in [0.05, 0.1) is 10.8 Å². The quantitative estimate of drug-likeness (QED) is 0.0698. The predicted octanol–water partition coefficient (Wildman–Crippen LogP) is 13.4. The van der Waals surface area contributed by atoms with E-state index in [1.807, 2.05) is 0 Å². The normalized spacial score (nSPS) is 34.9. The maximum Gasteiger partial charge on any atom is 0.309 e. The van der Waals surface area contributed by atoms with Gasteiger partial charge in [-0.25, -0.2) is 0 Å². The van der Waals surface area contributed by atoms with Crippen LogP contribution < -0.4 is 0 Å². The Hall–Kier alpha value is -0.690. The molecule has 0 aromatic carbocycles. The Morgan fingerprint density at radius 1 is 0.518 bits per heavy atom. The summed E-state index contributed by atoms with van der Waals surface area (Å²) in [6, 6.07) is 0. The van der Waals surface area contributed by atoms with Gasteiger partial charge in [-0.2, -0.15) is 23.5 Å². The van der Waals surface area contributed by atoms with Crippen molar-refractivity contribution in [1.29, 1.82) is 0 Å². The van der Waals surface area contributed by atoms with E-state index in [0.717, 1.165) is 100 Å². The zero-order valence-electron chi connectivity index (χ0n) is 35.8. The molecule has 0 aliphatic heterocycles. The lowest BCUT2D eigenvalue weighted by atomic mass is 9.43. The Bertz CT molecular complexity index is 1130. The lowest BCUT2D eigenvalue weighted by molar-refractivity contribution is -0.183. The lowest BCUT2D eigenvalue weighted by Gasteiger charge is -2.61. The molecule has 0 aromatic heterocycles. The highest BCUT2D eigenvalue weighted by Crippen LogP contribution is 2.67. The Labute approximate surface area is 351 Å². The third kappa shape index (κ3) is 11.0. The molecular formula is C49H82O5S2. The molecule has 0 spiro atoms. The Morgan fingerprint density at radius 3 is 1.25 bits per heavy atom. The summed E-state index contributed by atoms with van der Waals surface area (Å²) in [5.41, 5.74) is -0.885. The van der Waals surface area contributed by atoms with Crippen LogP contribution in [0.2, 0.25) is 0 Å². The molecule has 8 aliphatic carbocycles. The molecule has 0 heterocycles. The van der Waals surface area contributed by atoms with Gasteiger partial charge in [0.15, 0.2) is 0 Å². The van der Waals surface area contributed by atoms with Gasteiger partial charge in [-0.1, -0.05) is 78.1 Å². The first-order valence-electron chi connectivity index (χ1n) is 24.3. The summed E-state index contributed by atoms with van der Waals surface area (Å²) in [4.78, 5) is 38.6. The number of thioether (sulfide) groups is 2. The van der Waals surface area contributed by atoms with E-state index < -0.39 is 22.8 Å². The molecule has 7 heteroatoms. The van der Waals surface area contributed by atoms with Crippen LogP contribution in [0.25, 0.3) is 0 Å². The predicted molar refractivity (Wildman–Crippen MR) is 235 cm³/mol. The van der Waals surface area contributed by atoms with E-state index >= 15 is 0 Å². The number of carboxylic acids is 2. The SMILES string of the molecule is CCCCCCC(CSCCCCCC(=O)CCCCCSCC(CCCCCC)C1C2CC3CC(C2)CC1(C(=O)O)C3)C1C2CC3CC(C2)CC1(C(=O)O)C3. The van der Waals surface area contributed by atoms with Crippen molar-refractivity contribution in [3.8, 4) is 0 Å². The molecule has 0 amide bonds. The third-order valence-corrected chi connectivity index (χ3v) is 19.1. The zero-order chi connectivity index (χ0) is 39.5. The van der Waals surface area contributed by atoms with Crippen molar-refractivity contribution < 1.29 is 24.6 Å². The van der Waals surface area contributed by atoms with E-state index in [1.165, 1.54) is 103 Å². The van der Waals surface area contributed by atoms with Gasteiger partial charge in [0.2, 0.25) is 0 Å².